The number of nitro groups is 1. The molecule has 0 saturated carbocycles. The van der Waals surface area contributed by atoms with Crippen LogP contribution in [0.15, 0.2) is 47.4 Å². The molecule has 0 atom stereocenters. The van der Waals surface area contributed by atoms with E-state index >= 15 is 0 Å². The lowest BCUT2D eigenvalue weighted by Gasteiger charge is -2.20. The topological polar surface area (TPSA) is 125 Å². The van der Waals surface area contributed by atoms with Crippen LogP contribution >= 0.6 is 0 Å². The van der Waals surface area contributed by atoms with Crippen LogP contribution in [0.2, 0.25) is 0 Å². The number of carbonyl (C=O) groups excluding carboxylic acids is 1. The molecule has 0 unspecified atom stereocenters. The third kappa shape index (κ3) is 4.87. The summed E-state index contributed by atoms with van der Waals surface area (Å²) in [4.78, 5) is 23.0. The Kier molecular flexibility index (Phi) is 6.54. The molecule has 0 aliphatic carbocycles. The van der Waals surface area contributed by atoms with Gasteiger partial charge in [0.2, 0.25) is 0 Å². The molecule has 1 aromatic heterocycles. The molecule has 10 nitrogen and oxygen atoms in total. The van der Waals surface area contributed by atoms with Crippen molar-refractivity contribution in [1.29, 1.82) is 0 Å². The van der Waals surface area contributed by atoms with Gasteiger partial charge in [-0.1, -0.05) is 6.07 Å². The van der Waals surface area contributed by atoms with E-state index < -0.39 is 20.9 Å². The number of sulfonamides is 1. The first-order valence-electron chi connectivity index (χ1n) is 9.97. The zero-order valence-corrected chi connectivity index (χ0v) is 19.7. The highest BCUT2D eigenvalue weighted by molar-refractivity contribution is 7.92. The second-order valence-electron chi connectivity index (χ2n) is 7.62. The van der Waals surface area contributed by atoms with Crippen LogP contribution in [-0.4, -0.2) is 36.1 Å². The maximum Gasteiger partial charge on any atom is 0.333 e. The molecule has 0 spiro atoms. The van der Waals surface area contributed by atoms with Crippen LogP contribution in [0, 0.1) is 37.8 Å². The van der Waals surface area contributed by atoms with Crippen molar-refractivity contribution >= 4 is 27.4 Å². The molecule has 0 aliphatic heterocycles. The average molecular weight is 473 g/mol. The second-order valence-corrected chi connectivity index (χ2v) is 9.59. The fraction of sp³-hybridized carbons (Fsp3) is 0.273. The summed E-state index contributed by atoms with van der Waals surface area (Å²) in [6.07, 6.45) is 0. The molecule has 0 amide bonds. The van der Waals surface area contributed by atoms with Crippen molar-refractivity contribution < 1.29 is 22.9 Å². The number of aryl methyl sites for hydroxylation is 3. The molecule has 3 aromatic rings. The minimum Gasteiger partial charge on any atom is -0.425 e. The largest absolute Gasteiger partial charge is 0.425 e. The summed E-state index contributed by atoms with van der Waals surface area (Å²) < 4.78 is 33.6. The molecule has 0 aliphatic rings. The smallest absolute Gasteiger partial charge is 0.333 e. The molecule has 3 rings (SSSR count). The summed E-state index contributed by atoms with van der Waals surface area (Å²) >= 11 is 0. The van der Waals surface area contributed by atoms with E-state index in [9.17, 15) is 23.3 Å². The Morgan fingerprint density at radius 3 is 2.27 bits per heavy atom. The van der Waals surface area contributed by atoms with Crippen molar-refractivity contribution in [2.45, 2.75) is 39.1 Å². The van der Waals surface area contributed by atoms with Gasteiger partial charge >= 0.3 is 11.7 Å². The Bertz CT molecular complexity index is 1330. The van der Waals surface area contributed by atoms with Gasteiger partial charge in [0.15, 0.2) is 0 Å². The molecular formula is C22H24N4O6S. The predicted molar refractivity (Wildman–Crippen MR) is 122 cm³/mol. The zero-order chi connectivity index (χ0) is 24.5. The Morgan fingerprint density at radius 1 is 1.09 bits per heavy atom. The van der Waals surface area contributed by atoms with Gasteiger partial charge in [0, 0.05) is 7.05 Å². The minimum absolute atomic E-state index is 0.139. The Balaban J connectivity index is 1.72. The fourth-order valence-electron chi connectivity index (χ4n) is 3.29. The normalized spacial score (nSPS) is 11.3. The number of hydrogen-bond acceptors (Lipinski definition) is 7. The second kappa shape index (κ2) is 9.02. The van der Waals surface area contributed by atoms with E-state index in [2.05, 4.69) is 5.10 Å². The summed E-state index contributed by atoms with van der Waals surface area (Å²) in [5.41, 5.74) is 2.59. The first kappa shape index (κ1) is 23.9. The number of anilines is 1. The quantitative estimate of drug-likeness (QED) is 0.223. The summed E-state index contributed by atoms with van der Waals surface area (Å²) in [6.45, 7) is 6.46. The fourth-order valence-corrected chi connectivity index (χ4v) is 4.57. The predicted octanol–water partition coefficient (Wildman–Crippen LogP) is 3.46. The van der Waals surface area contributed by atoms with Gasteiger partial charge in [-0.3, -0.25) is 19.1 Å². The highest BCUT2D eigenvalue weighted by Gasteiger charge is 2.24. The summed E-state index contributed by atoms with van der Waals surface area (Å²) in [6, 6.07) is 10.9. The van der Waals surface area contributed by atoms with Crippen molar-refractivity contribution in [3.05, 3.63) is 75.1 Å². The molecule has 0 saturated heterocycles. The van der Waals surface area contributed by atoms with E-state index in [0.29, 0.717) is 5.69 Å². The van der Waals surface area contributed by atoms with E-state index in [4.69, 9.17) is 4.74 Å². The molecule has 0 fully saturated rings. The van der Waals surface area contributed by atoms with Gasteiger partial charge in [-0.2, -0.15) is 5.10 Å². The average Bonchev–Trinajstić information content (AvgIpc) is 3.02. The van der Waals surface area contributed by atoms with Crippen molar-refractivity contribution in [2.24, 2.45) is 0 Å². The maximum atomic E-state index is 13.0. The van der Waals surface area contributed by atoms with Crippen molar-refractivity contribution in [1.82, 2.24) is 9.78 Å². The van der Waals surface area contributed by atoms with Gasteiger partial charge in [0.05, 0.1) is 15.5 Å². The molecule has 11 heteroatoms. The summed E-state index contributed by atoms with van der Waals surface area (Å²) in [7, 11) is -2.32. The molecule has 2 aromatic carbocycles. The van der Waals surface area contributed by atoms with E-state index in [1.807, 2.05) is 13.8 Å². The number of hydrogen-bond donors (Lipinski definition) is 0. The summed E-state index contributed by atoms with van der Waals surface area (Å²) in [5, 5.41) is 15.1. The van der Waals surface area contributed by atoms with Crippen molar-refractivity contribution in [2.75, 3.05) is 11.4 Å². The SMILES string of the molecule is Cc1ccc(S(=O)(=O)N(C)c2ccc(OC(=O)Cn3nc(C)c([N+](=O)[O-])c3C)cc2)cc1C. The number of rotatable bonds is 7. The van der Waals surface area contributed by atoms with Crippen LogP contribution in [-0.2, 0) is 21.4 Å². The lowest BCUT2D eigenvalue weighted by molar-refractivity contribution is -0.386. The van der Waals surface area contributed by atoms with Gasteiger partial charge in [0.1, 0.15) is 23.7 Å². The number of esters is 1. The van der Waals surface area contributed by atoms with Gasteiger partial charge in [-0.25, -0.2) is 13.2 Å². The third-order valence-electron chi connectivity index (χ3n) is 5.37. The zero-order valence-electron chi connectivity index (χ0n) is 18.9. The molecular weight excluding hydrogens is 448 g/mol. The van der Waals surface area contributed by atoms with Crippen LogP contribution in [0.3, 0.4) is 0 Å². The lowest BCUT2D eigenvalue weighted by Crippen LogP contribution is -2.26. The van der Waals surface area contributed by atoms with Crippen LogP contribution in [0.5, 0.6) is 5.75 Å². The van der Waals surface area contributed by atoms with Crippen LogP contribution in [0.1, 0.15) is 22.5 Å². The van der Waals surface area contributed by atoms with Crippen LogP contribution < -0.4 is 9.04 Å². The van der Waals surface area contributed by atoms with Gasteiger partial charge in [-0.15, -0.1) is 0 Å². The monoisotopic (exact) mass is 472 g/mol. The first-order chi connectivity index (χ1) is 15.4. The number of benzene rings is 2. The van der Waals surface area contributed by atoms with E-state index in [1.54, 1.807) is 18.2 Å². The minimum atomic E-state index is -3.76. The first-order valence-corrected chi connectivity index (χ1v) is 11.4. The van der Waals surface area contributed by atoms with Gasteiger partial charge in [-0.05, 0) is 75.2 Å². The standard InChI is InChI=1S/C22H24N4O6S/c1-14-6-11-20(12-15(14)2)33(30,31)24(5)18-7-9-19(10-8-18)32-21(27)13-25-17(4)22(26(28)29)16(3)23-25/h6-12H,13H2,1-5H3. The van der Waals surface area contributed by atoms with Gasteiger partial charge < -0.3 is 4.74 Å². The molecule has 33 heavy (non-hydrogen) atoms. The van der Waals surface area contributed by atoms with Crippen molar-refractivity contribution in [3.63, 3.8) is 0 Å². The molecule has 0 bridgehead atoms. The van der Waals surface area contributed by atoms with Crippen LogP contribution in [0.4, 0.5) is 11.4 Å². The van der Waals surface area contributed by atoms with E-state index in [1.165, 1.54) is 49.8 Å². The highest BCUT2D eigenvalue weighted by Crippen LogP contribution is 2.26. The highest BCUT2D eigenvalue weighted by atomic mass is 32.2. The summed E-state index contributed by atoms with van der Waals surface area (Å²) in [5.74, 6) is -0.462. The van der Waals surface area contributed by atoms with Crippen molar-refractivity contribution in [3.8, 4) is 5.75 Å². The Morgan fingerprint density at radius 2 is 1.73 bits per heavy atom. The molecule has 0 N–H and O–H groups in total. The van der Waals surface area contributed by atoms with E-state index in [0.717, 1.165) is 15.4 Å². The maximum absolute atomic E-state index is 13.0. The van der Waals surface area contributed by atoms with E-state index in [-0.39, 0.29) is 34.3 Å². The molecule has 0 radical (unpaired) electrons. The number of aromatic nitrogens is 2. The number of nitrogens with zero attached hydrogens (tertiary/aromatic N) is 4. The Hall–Kier alpha value is -3.73. The molecule has 1 heterocycles. The lowest BCUT2D eigenvalue weighted by atomic mass is 10.1. The molecule has 174 valence electrons. The number of carbonyl (C=O) groups is 1. The van der Waals surface area contributed by atoms with Gasteiger partial charge in [0.25, 0.3) is 10.0 Å². The third-order valence-corrected chi connectivity index (χ3v) is 7.16. The number of ether oxygens (including phenoxy) is 1. The Labute approximate surface area is 191 Å². The van der Waals surface area contributed by atoms with Crippen LogP contribution in [0.25, 0.3) is 0 Å².